The molecular formula is C16H29N3O. The summed E-state index contributed by atoms with van der Waals surface area (Å²) < 4.78 is 0. The molecule has 0 bridgehead atoms. The Morgan fingerprint density at radius 3 is 2.75 bits per heavy atom. The van der Waals surface area contributed by atoms with Crippen molar-refractivity contribution in [3.8, 4) is 0 Å². The fourth-order valence-electron chi connectivity index (χ4n) is 3.86. The Kier molecular flexibility index (Phi) is 4.94. The smallest absolute Gasteiger partial charge is 0.220 e. The van der Waals surface area contributed by atoms with Crippen LogP contribution in [0.15, 0.2) is 0 Å². The minimum atomic E-state index is 0.245. The van der Waals surface area contributed by atoms with Gasteiger partial charge in [0.2, 0.25) is 5.91 Å². The van der Waals surface area contributed by atoms with E-state index in [0.717, 1.165) is 24.9 Å². The van der Waals surface area contributed by atoms with Crippen molar-refractivity contribution in [3.63, 3.8) is 0 Å². The molecule has 1 saturated heterocycles. The van der Waals surface area contributed by atoms with E-state index in [1.807, 2.05) is 0 Å². The predicted octanol–water partition coefficient (Wildman–Crippen LogP) is 1.56. The summed E-state index contributed by atoms with van der Waals surface area (Å²) >= 11 is 0. The largest absolute Gasteiger partial charge is 0.353 e. The third-order valence-corrected chi connectivity index (χ3v) is 5.11. The van der Waals surface area contributed by atoms with E-state index in [1.165, 1.54) is 51.5 Å². The highest BCUT2D eigenvalue weighted by molar-refractivity contribution is 5.76. The topological polar surface area (TPSA) is 53.2 Å². The first-order chi connectivity index (χ1) is 9.83. The second kappa shape index (κ2) is 6.90. The molecule has 0 aromatic carbocycles. The highest BCUT2D eigenvalue weighted by Crippen LogP contribution is 2.31. The summed E-state index contributed by atoms with van der Waals surface area (Å²) in [5.74, 6) is 1.06. The first-order valence-corrected chi connectivity index (χ1v) is 8.59. The lowest BCUT2D eigenvalue weighted by Gasteiger charge is -2.26. The van der Waals surface area contributed by atoms with Gasteiger partial charge in [0, 0.05) is 24.5 Å². The first-order valence-electron chi connectivity index (χ1n) is 8.59. The highest BCUT2D eigenvalue weighted by Gasteiger charge is 2.34. The molecule has 20 heavy (non-hydrogen) atoms. The molecule has 3 aliphatic rings. The van der Waals surface area contributed by atoms with Crippen molar-refractivity contribution in [2.45, 2.75) is 75.9 Å². The molecule has 4 heteroatoms. The van der Waals surface area contributed by atoms with E-state index in [9.17, 15) is 4.79 Å². The van der Waals surface area contributed by atoms with Crippen molar-refractivity contribution in [3.05, 3.63) is 0 Å². The maximum atomic E-state index is 11.6. The van der Waals surface area contributed by atoms with Crippen LogP contribution in [0.5, 0.6) is 0 Å². The molecule has 0 spiro atoms. The quantitative estimate of drug-likeness (QED) is 0.620. The van der Waals surface area contributed by atoms with E-state index in [4.69, 9.17) is 0 Å². The summed E-state index contributed by atoms with van der Waals surface area (Å²) in [4.78, 5) is 11.6. The highest BCUT2D eigenvalue weighted by atomic mass is 16.1. The van der Waals surface area contributed by atoms with Gasteiger partial charge in [-0.05, 0) is 64.0 Å². The lowest BCUT2D eigenvalue weighted by molar-refractivity contribution is -0.121. The summed E-state index contributed by atoms with van der Waals surface area (Å²) in [6.07, 6.45) is 10.8. The average Bonchev–Trinajstić information content (AvgIpc) is 2.95. The Morgan fingerprint density at radius 2 is 2.00 bits per heavy atom. The molecule has 114 valence electrons. The molecule has 3 atom stereocenters. The Hall–Kier alpha value is -0.610. The summed E-state index contributed by atoms with van der Waals surface area (Å²) in [5.41, 5.74) is 0. The van der Waals surface area contributed by atoms with Gasteiger partial charge in [-0.15, -0.1) is 0 Å². The second-order valence-electron chi connectivity index (χ2n) is 6.80. The molecule has 3 rings (SSSR count). The van der Waals surface area contributed by atoms with Crippen LogP contribution < -0.4 is 16.0 Å². The van der Waals surface area contributed by atoms with Gasteiger partial charge < -0.3 is 16.0 Å². The van der Waals surface area contributed by atoms with E-state index in [1.54, 1.807) is 0 Å². The zero-order chi connectivity index (χ0) is 13.8. The summed E-state index contributed by atoms with van der Waals surface area (Å²) in [6.45, 7) is 2.20. The second-order valence-corrected chi connectivity index (χ2v) is 6.80. The predicted molar refractivity (Wildman–Crippen MR) is 80.6 cm³/mol. The van der Waals surface area contributed by atoms with Crippen LogP contribution in [-0.4, -0.2) is 37.1 Å². The van der Waals surface area contributed by atoms with Crippen LogP contribution in [0.2, 0.25) is 0 Å². The van der Waals surface area contributed by atoms with Crippen molar-refractivity contribution in [2.24, 2.45) is 5.92 Å². The number of nitrogens with one attached hydrogen (secondary N) is 3. The number of hydrogen-bond donors (Lipinski definition) is 3. The summed E-state index contributed by atoms with van der Waals surface area (Å²) in [7, 11) is 0. The van der Waals surface area contributed by atoms with E-state index in [-0.39, 0.29) is 5.91 Å². The number of hydrogen-bond acceptors (Lipinski definition) is 3. The maximum Gasteiger partial charge on any atom is 0.220 e. The van der Waals surface area contributed by atoms with Crippen molar-refractivity contribution in [1.82, 2.24) is 16.0 Å². The molecule has 0 radical (unpaired) electrons. The zero-order valence-corrected chi connectivity index (χ0v) is 12.5. The van der Waals surface area contributed by atoms with Crippen LogP contribution >= 0.6 is 0 Å². The molecule has 1 amide bonds. The van der Waals surface area contributed by atoms with Gasteiger partial charge >= 0.3 is 0 Å². The molecule has 1 heterocycles. The van der Waals surface area contributed by atoms with Crippen LogP contribution in [-0.2, 0) is 4.79 Å². The molecule has 1 aliphatic heterocycles. The van der Waals surface area contributed by atoms with Crippen LogP contribution in [0.25, 0.3) is 0 Å². The number of carbonyl (C=O) groups is 1. The van der Waals surface area contributed by atoms with Gasteiger partial charge in [0.25, 0.3) is 0 Å². The monoisotopic (exact) mass is 279 g/mol. The van der Waals surface area contributed by atoms with Gasteiger partial charge in [-0.25, -0.2) is 0 Å². The molecule has 0 aromatic rings. The third-order valence-electron chi connectivity index (χ3n) is 5.11. The molecule has 3 unspecified atom stereocenters. The average molecular weight is 279 g/mol. The Bertz CT molecular complexity index is 324. The molecule has 2 aliphatic carbocycles. The Labute approximate surface area is 122 Å². The van der Waals surface area contributed by atoms with Gasteiger partial charge in [-0.3, -0.25) is 4.79 Å². The maximum absolute atomic E-state index is 11.6. The third kappa shape index (κ3) is 3.95. The molecule has 2 saturated carbocycles. The minimum absolute atomic E-state index is 0.245. The standard InChI is InChI=1S/C16H29N3O/c20-16(19-12-8-9-12)7-3-11-18-14-5-1-4-13(14)15-6-2-10-17-15/h12-15,17-18H,1-11H2,(H,19,20). The molecule has 0 aromatic heterocycles. The van der Waals surface area contributed by atoms with Crippen LogP contribution in [0, 0.1) is 5.92 Å². The molecule has 3 N–H and O–H groups in total. The SMILES string of the molecule is O=C(CCCNC1CCCC1C1CCCN1)NC1CC1. The van der Waals surface area contributed by atoms with Crippen molar-refractivity contribution < 1.29 is 4.79 Å². The van der Waals surface area contributed by atoms with Crippen LogP contribution in [0.3, 0.4) is 0 Å². The molecular weight excluding hydrogens is 250 g/mol. The van der Waals surface area contributed by atoms with Gasteiger partial charge in [0.15, 0.2) is 0 Å². The first kappa shape index (κ1) is 14.3. The van der Waals surface area contributed by atoms with E-state index in [0.29, 0.717) is 18.5 Å². The van der Waals surface area contributed by atoms with E-state index < -0.39 is 0 Å². The van der Waals surface area contributed by atoms with Crippen LogP contribution in [0.1, 0.15) is 57.8 Å². The fraction of sp³-hybridized carbons (Fsp3) is 0.938. The number of carbonyl (C=O) groups excluding carboxylic acids is 1. The van der Waals surface area contributed by atoms with Gasteiger partial charge in [0.05, 0.1) is 0 Å². The number of rotatable bonds is 7. The van der Waals surface area contributed by atoms with Gasteiger partial charge in [-0.1, -0.05) is 6.42 Å². The Balaban J connectivity index is 1.31. The van der Waals surface area contributed by atoms with Crippen molar-refractivity contribution >= 4 is 5.91 Å². The van der Waals surface area contributed by atoms with Crippen LogP contribution in [0.4, 0.5) is 0 Å². The summed E-state index contributed by atoms with van der Waals surface area (Å²) in [5, 5.41) is 10.4. The fourth-order valence-corrected chi connectivity index (χ4v) is 3.86. The van der Waals surface area contributed by atoms with Gasteiger partial charge in [0.1, 0.15) is 0 Å². The van der Waals surface area contributed by atoms with Crippen molar-refractivity contribution in [1.29, 1.82) is 0 Å². The van der Waals surface area contributed by atoms with E-state index in [2.05, 4.69) is 16.0 Å². The minimum Gasteiger partial charge on any atom is -0.353 e. The Morgan fingerprint density at radius 1 is 1.10 bits per heavy atom. The molecule has 3 fully saturated rings. The lowest BCUT2D eigenvalue weighted by Crippen LogP contribution is -2.42. The lowest BCUT2D eigenvalue weighted by atomic mass is 9.93. The normalized spacial score (nSPS) is 33.5. The zero-order valence-electron chi connectivity index (χ0n) is 12.5. The van der Waals surface area contributed by atoms with Gasteiger partial charge in [-0.2, -0.15) is 0 Å². The number of amides is 1. The molecule has 4 nitrogen and oxygen atoms in total. The van der Waals surface area contributed by atoms with E-state index >= 15 is 0 Å². The van der Waals surface area contributed by atoms with Crippen molar-refractivity contribution in [2.75, 3.05) is 13.1 Å². The summed E-state index contributed by atoms with van der Waals surface area (Å²) in [6, 6.07) is 1.92.